The van der Waals surface area contributed by atoms with Crippen LogP contribution in [0.1, 0.15) is 28.0 Å². The quantitative estimate of drug-likeness (QED) is 0.653. The highest BCUT2D eigenvalue weighted by Gasteiger charge is 2.25. The number of hydrogen-bond donors (Lipinski definition) is 2. The van der Waals surface area contributed by atoms with Gasteiger partial charge in [-0.3, -0.25) is 14.1 Å². The monoisotopic (exact) mass is 436 g/mol. The third kappa shape index (κ3) is 4.60. The molecule has 0 aliphatic carbocycles. The molecule has 1 saturated heterocycles. The number of nitrogens with one attached hydrogen (secondary N) is 2. The van der Waals surface area contributed by atoms with Crippen LogP contribution in [0.25, 0.3) is 11.3 Å². The molecule has 0 unspecified atom stereocenters. The second kappa shape index (κ2) is 8.49. The molecule has 0 radical (unpaired) electrons. The van der Waals surface area contributed by atoms with E-state index in [2.05, 4.69) is 15.0 Å². The van der Waals surface area contributed by atoms with Crippen molar-refractivity contribution in [2.75, 3.05) is 22.7 Å². The maximum atomic E-state index is 12.7. The van der Waals surface area contributed by atoms with E-state index < -0.39 is 10.2 Å². The molecule has 0 saturated carbocycles. The van der Waals surface area contributed by atoms with Crippen LogP contribution < -0.4 is 14.3 Å². The standard InChI is InChI=1S/C23H24N4O3S/c1-16-7-10-19(15-21(16)22-6-3-5-17(2)25-22)26-23(28)18-8-11-20(12-9-18)27-14-4-13-24-31(27,29)30/h3,5-12,15,24H,4,13-14H2,1-2H3,(H,26,28). The Hall–Kier alpha value is -3.23. The topological polar surface area (TPSA) is 91.4 Å². The van der Waals surface area contributed by atoms with Crippen molar-refractivity contribution in [3.63, 3.8) is 0 Å². The van der Waals surface area contributed by atoms with Crippen LogP contribution in [0.3, 0.4) is 0 Å². The van der Waals surface area contributed by atoms with Gasteiger partial charge in [-0.15, -0.1) is 0 Å². The summed E-state index contributed by atoms with van der Waals surface area (Å²) in [5, 5.41) is 2.91. The lowest BCUT2D eigenvalue weighted by molar-refractivity contribution is 0.102. The summed E-state index contributed by atoms with van der Waals surface area (Å²) in [5.41, 5.74) is 5.46. The average Bonchev–Trinajstić information content (AvgIpc) is 2.75. The largest absolute Gasteiger partial charge is 0.322 e. The van der Waals surface area contributed by atoms with Crippen molar-refractivity contribution < 1.29 is 13.2 Å². The molecule has 31 heavy (non-hydrogen) atoms. The van der Waals surface area contributed by atoms with Crippen LogP contribution in [0, 0.1) is 13.8 Å². The van der Waals surface area contributed by atoms with Gasteiger partial charge in [0.05, 0.1) is 11.4 Å². The fourth-order valence-corrected chi connectivity index (χ4v) is 4.87. The molecule has 4 rings (SSSR count). The lowest BCUT2D eigenvalue weighted by Gasteiger charge is -2.28. The van der Waals surface area contributed by atoms with Gasteiger partial charge in [0.1, 0.15) is 0 Å². The molecule has 1 aromatic heterocycles. The molecule has 1 fully saturated rings. The molecule has 2 aromatic carbocycles. The summed E-state index contributed by atoms with van der Waals surface area (Å²) in [7, 11) is -3.52. The van der Waals surface area contributed by atoms with E-state index in [0.717, 1.165) is 28.9 Å². The summed E-state index contributed by atoms with van der Waals surface area (Å²) in [5.74, 6) is -0.266. The van der Waals surface area contributed by atoms with Gasteiger partial charge in [-0.05, 0) is 74.4 Å². The number of rotatable bonds is 4. The first-order chi connectivity index (χ1) is 14.8. The highest BCUT2D eigenvalue weighted by molar-refractivity contribution is 7.90. The molecule has 7 nitrogen and oxygen atoms in total. The summed E-state index contributed by atoms with van der Waals surface area (Å²) in [6, 6.07) is 18.1. The van der Waals surface area contributed by atoms with Crippen molar-refractivity contribution >= 4 is 27.5 Å². The number of pyridine rings is 1. The predicted octanol–water partition coefficient (Wildman–Crippen LogP) is 3.66. The Kier molecular flexibility index (Phi) is 5.75. The van der Waals surface area contributed by atoms with Crippen LogP contribution in [0.5, 0.6) is 0 Å². The molecule has 0 atom stereocenters. The summed E-state index contributed by atoms with van der Waals surface area (Å²) >= 11 is 0. The first-order valence-electron chi connectivity index (χ1n) is 10.1. The Morgan fingerprint density at radius 3 is 2.55 bits per heavy atom. The lowest BCUT2D eigenvalue weighted by Crippen LogP contribution is -2.47. The third-order valence-corrected chi connectivity index (χ3v) is 6.73. The van der Waals surface area contributed by atoms with Crippen LogP contribution in [0.15, 0.2) is 60.7 Å². The molecule has 1 amide bonds. The van der Waals surface area contributed by atoms with Crippen molar-refractivity contribution in [1.29, 1.82) is 0 Å². The number of aryl methyl sites for hydroxylation is 2. The molecule has 2 heterocycles. The zero-order chi connectivity index (χ0) is 22.0. The second-order valence-electron chi connectivity index (χ2n) is 7.52. The van der Waals surface area contributed by atoms with Gasteiger partial charge >= 0.3 is 10.2 Å². The van der Waals surface area contributed by atoms with Gasteiger partial charge in [-0.2, -0.15) is 13.1 Å². The van der Waals surface area contributed by atoms with Gasteiger partial charge < -0.3 is 5.32 Å². The summed E-state index contributed by atoms with van der Waals surface area (Å²) in [4.78, 5) is 17.3. The van der Waals surface area contributed by atoms with Crippen molar-refractivity contribution in [2.45, 2.75) is 20.3 Å². The van der Waals surface area contributed by atoms with Crippen LogP contribution in [-0.2, 0) is 10.2 Å². The number of anilines is 2. The molecule has 3 aromatic rings. The molecule has 8 heteroatoms. The first kappa shape index (κ1) is 21.0. The van der Waals surface area contributed by atoms with Crippen LogP contribution in [0.2, 0.25) is 0 Å². The van der Waals surface area contributed by atoms with E-state index in [1.54, 1.807) is 24.3 Å². The smallest absolute Gasteiger partial charge is 0.301 e. The lowest BCUT2D eigenvalue weighted by atomic mass is 10.0. The van der Waals surface area contributed by atoms with Crippen LogP contribution >= 0.6 is 0 Å². The number of benzene rings is 2. The predicted molar refractivity (Wildman–Crippen MR) is 122 cm³/mol. The highest BCUT2D eigenvalue weighted by Crippen LogP contribution is 2.26. The zero-order valence-electron chi connectivity index (χ0n) is 17.4. The minimum Gasteiger partial charge on any atom is -0.322 e. The molecule has 160 valence electrons. The van der Waals surface area contributed by atoms with Crippen molar-refractivity contribution in [3.05, 3.63) is 77.5 Å². The summed E-state index contributed by atoms with van der Waals surface area (Å²) in [6.45, 7) is 4.81. The van der Waals surface area contributed by atoms with Gasteiger partial charge in [0.15, 0.2) is 0 Å². The maximum Gasteiger partial charge on any atom is 0.301 e. The maximum absolute atomic E-state index is 12.7. The molecular formula is C23H24N4O3S. The SMILES string of the molecule is Cc1cccc(-c2cc(NC(=O)c3ccc(N4CCCNS4(=O)=O)cc3)ccc2C)n1. The normalized spacial score (nSPS) is 15.5. The highest BCUT2D eigenvalue weighted by atomic mass is 32.2. The Morgan fingerprint density at radius 1 is 1.06 bits per heavy atom. The molecule has 0 bridgehead atoms. The fourth-order valence-electron chi connectivity index (χ4n) is 3.54. The fraction of sp³-hybridized carbons (Fsp3) is 0.217. The van der Waals surface area contributed by atoms with Crippen molar-refractivity contribution in [1.82, 2.24) is 9.71 Å². The molecule has 1 aliphatic rings. The Morgan fingerprint density at radius 2 is 1.84 bits per heavy atom. The van der Waals surface area contributed by atoms with Crippen molar-refractivity contribution in [2.24, 2.45) is 0 Å². The number of hydrogen-bond acceptors (Lipinski definition) is 4. The first-order valence-corrected chi connectivity index (χ1v) is 11.5. The summed E-state index contributed by atoms with van der Waals surface area (Å²) in [6.07, 6.45) is 0.729. The van der Waals surface area contributed by atoms with E-state index >= 15 is 0 Å². The van der Waals surface area contributed by atoms with E-state index in [4.69, 9.17) is 0 Å². The second-order valence-corrected chi connectivity index (χ2v) is 9.20. The van der Waals surface area contributed by atoms with E-state index in [1.807, 2.05) is 50.2 Å². The van der Waals surface area contributed by atoms with E-state index in [9.17, 15) is 13.2 Å². The Labute approximate surface area is 182 Å². The van der Waals surface area contributed by atoms with Gasteiger partial charge in [-0.1, -0.05) is 12.1 Å². The third-order valence-electron chi connectivity index (χ3n) is 5.19. The Balaban J connectivity index is 1.53. The van der Waals surface area contributed by atoms with E-state index in [-0.39, 0.29) is 5.91 Å². The van der Waals surface area contributed by atoms with Crippen molar-refractivity contribution in [3.8, 4) is 11.3 Å². The zero-order valence-corrected chi connectivity index (χ0v) is 18.2. The van der Waals surface area contributed by atoms with E-state index in [0.29, 0.717) is 30.0 Å². The number of carbonyl (C=O) groups is 1. The number of aromatic nitrogens is 1. The van der Waals surface area contributed by atoms with Gasteiger partial charge in [-0.25, -0.2) is 0 Å². The van der Waals surface area contributed by atoms with E-state index in [1.165, 1.54) is 4.31 Å². The number of carbonyl (C=O) groups excluding carboxylic acids is 1. The minimum atomic E-state index is -3.52. The minimum absolute atomic E-state index is 0.266. The molecule has 0 spiro atoms. The Bertz CT molecular complexity index is 1220. The van der Waals surface area contributed by atoms with Gasteiger partial charge in [0.2, 0.25) is 0 Å². The molecule has 1 aliphatic heterocycles. The van der Waals surface area contributed by atoms with Gasteiger partial charge in [0.25, 0.3) is 5.91 Å². The average molecular weight is 437 g/mol. The number of amides is 1. The van der Waals surface area contributed by atoms with Gasteiger partial charge in [0, 0.05) is 35.6 Å². The molecule has 2 N–H and O–H groups in total. The summed E-state index contributed by atoms with van der Waals surface area (Å²) < 4.78 is 28.2. The molecular weight excluding hydrogens is 412 g/mol. The van der Waals surface area contributed by atoms with Crippen LogP contribution in [-0.4, -0.2) is 32.4 Å². The van der Waals surface area contributed by atoms with Crippen LogP contribution in [0.4, 0.5) is 11.4 Å². The number of nitrogens with zero attached hydrogens (tertiary/aromatic N) is 2.